The largest absolute Gasteiger partial charge is 0.493 e. The quantitative estimate of drug-likeness (QED) is 0.930. The van der Waals surface area contributed by atoms with Crippen LogP contribution >= 0.6 is 11.6 Å². The first-order valence-electron chi connectivity index (χ1n) is 6.15. The number of hydrogen-bond acceptors (Lipinski definition) is 3. The third-order valence-electron chi connectivity index (χ3n) is 2.80. The fourth-order valence-corrected chi connectivity index (χ4v) is 2.12. The Kier molecular flexibility index (Phi) is 4.25. The number of aromatic nitrogens is 1. The number of ether oxygens (including phenoxy) is 1. The summed E-state index contributed by atoms with van der Waals surface area (Å²) >= 11 is 6.02. The lowest BCUT2D eigenvalue weighted by Gasteiger charge is -2.13. The number of carbonyl (C=O) groups is 1. The fraction of sp³-hybridized carbons (Fsp3) is 0.200. The number of carboxylic acid groups (broad SMARTS) is 1. The minimum Gasteiger partial charge on any atom is -0.493 e. The minimum atomic E-state index is -1.03. The molecular formula is C15H14ClNO3. The first-order chi connectivity index (χ1) is 9.52. The Balaban J connectivity index is 2.69. The van der Waals surface area contributed by atoms with Crippen molar-refractivity contribution in [2.45, 2.75) is 13.8 Å². The molecule has 1 heterocycles. The summed E-state index contributed by atoms with van der Waals surface area (Å²) in [6.45, 7) is 4.16. The zero-order chi connectivity index (χ0) is 14.7. The van der Waals surface area contributed by atoms with Crippen LogP contribution in [0.1, 0.15) is 23.0 Å². The lowest BCUT2D eigenvalue weighted by atomic mass is 10.00. The van der Waals surface area contributed by atoms with Gasteiger partial charge in [-0.1, -0.05) is 11.6 Å². The molecule has 0 bridgehead atoms. The van der Waals surface area contributed by atoms with Crippen molar-refractivity contribution in [2.75, 3.05) is 6.61 Å². The predicted octanol–water partition coefficient (Wildman–Crippen LogP) is 3.81. The first-order valence-corrected chi connectivity index (χ1v) is 6.53. The third kappa shape index (κ3) is 2.91. The summed E-state index contributed by atoms with van der Waals surface area (Å²) in [4.78, 5) is 15.4. The minimum absolute atomic E-state index is 0.124. The number of benzene rings is 1. The molecule has 2 rings (SSSR count). The van der Waals surface area contributed by atoms with Gasteiger partial charge in [0.05, 0.1) is 12.2 Å². The molecule has 4 nitrogen and oxygen atoms in total. The van der Waals surface area contributed by atoms with Gasteiger partial charge in [0.2, 0.25) is 0 Å². The van der Waals surface area contributed by atoms with E-state index in [9.17, 15) is 9.90 Å². The molecule has 0 aliphatic heterocycles. The second kappa shape index (κ2) is 5.92. The second-order valence-electron chi connectivity index (χ2n) is 4.25. The van der Waals surface area contributed by atoms with E-state index in [1.54, 1.807) is 31.2 Å². The molecule has 1 aromatic carbocycles. The molecule has 104 valence electrons. The molecule has 0 saturated carbocycles. The highest BCUT2D eigenvalue weighted by Crippen LogP contribution is 2.35. The van der Waals surface area contributed by atoms with Crippen LogP contribution < -0.4 is 4.74 Å². The van der Waals surface area contributed by atoms with Crippen LogP contribution in [-0.4, -0.2) is 22.7 Å². The van der Waals surface area contributed by atoms with Crippen LogP contribution in [-0.2, 0) is 0 Å². The first kappa shape index (κ1) is 14.3. The van der Waals surface area contributed by atoms with E-state index in [4.69, 9.17) is 16.3 Å². The molecule has 0 atom stereocenters. The maximum absolute atomic E-state index is 11.3. The average molecular weight is 292 g/mol. The van der Waals surface area contributed by atoms with Crippen LogP contribution in [0.25, 0.3) is 11.1 Å². The monoisotopic (exact) mass is 291 g/mol. The topological polar surface area (TPSA) is 59.4 Å². The van der Waals surface area contributed by atoms with Gasteiger partial charge in [-0.25, -0.2) is 4.79 Å². The summed E-state index contributed by atoms with van der Waals surface area (Å²) in [6.07, 6.45) is 1.35. The van der Waals surface area contributed by atoms with Gasteiger partial charge < -0.3 is 9.84 Å². The van der Waals surface area contributed by atoms with E-state index < -0.39 is 5.97 Å². The SMILES string of the molecule is CCOc1ccc(Cl)cc1-c1cc(C)ncc1C(=O)O. The number of aromatic carboxylic acids is 1. The molecule has 1 aromatic heterocycles. The Morgan fingerprint density at radius 3 is 2.75 bits per heavy atom. The summed E-state index contributed by atoms with van der Waals surface area (Å²) in [5.74, 6) is -0.431. The van der Waals surface area contributed by atoms with Gasteiger partial charge in [-0.2, -0.15) is 0 Å². The summed E-state index contributed by atoms with van der Waals surface area (Å²) in [6, 6.07) is 6.87. The maximum atomic E-state index is 11.3. The smallest absolute Gasteiger partial charge is 0.337 e. The summed E-state index contributed by atoms with van der Waals surface area (Å²) in [5.41, 5.74) is 2.06. The highest BCUT2D eigenvalue weighted by molar-refractivity contribution is 6.31. The fourth-order valence-electron chi connectivity index (χ4n) is 1.95. The van der Waals surface area contributed by atoms with Crippen LogP contribution in [0, 0.1) is 6.92 Å². The van der Waals surface area contributed by atoms with Crippen LogP contribution in [0.5, 0.6) is 5.75 Å². The van der Waals surface area contributed by atoms with Crippen LogP contribution in [0.2, 0.25) is 5.02 Å². The van der Waals surface area contributed by atoms with Crippen molar-refractivity contribution in [3.8, 4) is 16.9 Å². The van der Waals surface area contributed by atoms with Crippen molar-refractivity contribution in [2.24, 2.45) is 0 Å². The number of pyridine rings is 1. The van der Waals surface area contributed by atoms with Crippen molar-refractivity contribution in [3.05, 3.63) is 46.7 Å². The number of hydrogen-bond donors (Lipinski definition) is 1. The molecule has 0 spiro atoms. The molecule has 1 N–H and O–H groups in total. The van der Waals surface area contributed by atoms with Crippen molar-refractivity contribution < 1.29 is 14.6 Å². The molecule has 0 aliphatic carbocycles. The highest BCUT2D eigenvalue weighted by atomic mass is 35.5. The third-order valence-corrected chi connectivity index (χ3v) is 3.04. The maximum Gasteiger partial charge on any atom is 0.337 e. The second-order valence-corrected chi connectivity index (χ2v) is 4.69. The van der Waals surface area contributed by atoms with Crippen LogP contribution in [0.3, 0.4) is 0 Å². The normalized spacial score (nSPS) is 10.3. The molecule has 0 aliphatic rings. The van der Waals surface area contributed by atoms with Gasteiger partial charge in [0, 0.05) is 28.0 Å². The van der Waals surface area contributed by atoms with Gasteiger partial charge in [-0.3, -0.25) is 4.98 Å². The van der Waals surface area contributed by atoms with E-state index in [2.05, 4.69) is 4.98 Å². The molecule has 2 aromatic rings. The Morgan fingerprint density at radius 1 is 1.35 bits per heavy atom. The lowest BCUT2D eigenvalue weighted by Crippen LogP contribution is -2.03. The van der Waals surface area contributed by atoms with E-state index in [0.717, 1.165) is 5.69 Å². The van der Waals surface area contributed by atoms with Crippen molar-refractivity contribution in [1.29, 1.82) is 0 Å². The van der Waals surface area contributed by atoms with Crippen LogP contribution in [0.15, 0.2) is 30.5 Å². The Morgan fingerprint density at radius 2 is 2.10 bits per heavy atom. The zero-order valence-electron chi connectivity index (χ0n) is 11.2. The zero-order valence-corrected chi connectivity index (χ0v) is 11.9. The van der Waals surface area contributed by atoms with Crippen molar-refractivity contribution >= 4 is 17.6 Å². The number of aryl methyl sites for hydroxylation is 1. The van der Waals surface area contributed by atoms with Gasteiger partial charge >= 0.3 is 5.97 Å². The standard InChI is InChI=1S/C15H14ClNO3/c1-3-20-14-5-4-10(16)7-12(14)11-6-9(2)17-8-13(11)15(18)19/h4-8H,3H2,1-2H3,(H,18,19). The van der Waals surface area contributed by atoms with Gasteiger partial charge in [0.15, 0.2) is 0 Å². The molecule has 0 radical (unpaired) electrons. The molecule has 0 fully saturated rings. The van der Waals surface area contributed by atoms with E-state index in [1.165, 1.54) is 6.20 Å². The van der Waals surface area contributed by atoms with Crippen molar-refractivity contribution in [3.63, 3.8) is 0 Å². The summed E-state index contributed by atoms with van der Waals surface area (Å²) in [5, 5.41) is 9.82. The average Bonchev–Trinajstić information content (AvgIpc) is 2.40. The summed E-state index contributed by atoms with van der Waals surface area (Å²) in [7, 11) is 0. The number of halogens is 1. The highest BCUT2D eigenvalue weighted by Gasteiger charge is 2.16. The Hall–Kier alpha value is -2.07. The number of rotatable bonds is 4. The molecular weight excluding hydrogens is 278 g/mol. The Bertz CT molecular complexity index is 656. The molecule has 0 saturated heterocycles. The van der Waals surface area contributed by atoms with Gasteiger partial charge in [-0.05, 0) is 38.1 Å². The molecule has 5 heteroatoms. The van der Waals surface area contributed by atoms with E-state index in [1.807, 2.05) is 6.92 Å². The predicted molar refractivity (Wildman–Crippen MR) is 77.5 cm³/mol. The van der Waals surface area contributed by atoms with Gasteiger partial charge in [0.1, 0.15) is 5.75 Å². The summed E-state index contributed by atoms with van der Waals surface area (Å²) < 4.78 is 5.55. The molecule has 0 amide bonds. The number of nitrogens with zero attached hydrogens (tertiary/aromatic N) is 1. The molecule has 20 heavy (non-hydrogen) atoms. The Labute approximate surface area is 122 Å². The van der Waals surface area contributed by atoms with Gasteiger partial charge in [-0.15, -0.1) is 0 Å². The van der Waals surface area contributed by atoms with E-state index in [0.29, 0.717) is 28.5 Å². The van der Waals surface area contributed by atoms with Gasteiger partial charge in [0.25, 0.3) is 0 Å². The number of carboxylic acids is 1. The van der Waals surface area contributed by atoms with E-state index >= 15 is 0 Å². The van der Waals surface area contributed by atoms with Crippen molar-refractivity contribution in [1.82, 2.24) is 4.98 Å². The van der Waals surface area contributed by atoms with E-state index in [-0.39, 0.29) is 5.56 Å². The molecule has 0 unspecified atom stereocenters. The lowest BCUT2D eigenvalue weighted by molar-refractivity contribution is 0.0697. The van der Waals surface area contributed by atoms with Crippen LogP contribution in [0.4, 0.5) is 0 Å².